The second-order valence-corrected chi connectivity index (χ2v) is 4.70. The van der Waals surface area contributed by atoms with Crippen molar-refractivity contribution in [1.29, 1.82) is 0 Å². The quantitative estimate of drug-likeness (QED) is 0.650. The second kappa shape index (κ2) is 5.57. The molecule has 0 aliphatic heterocycles. The van der Waals surface area contributed by atoms with Gasteiger partial charge in [0.15, 0.2) is 0 Å². The Kier molecular flexibility index (Phi) is 3.85. The zero-order valence-corrected chi connectivity index (χ0v) is 10.9. The first-order chi connectivity index (χ1) is 9.10. The molecule has 0 saturated heterocycles. The zero-order chi connectivity index (χ0) is 13.8. The van der Waals surface area contributed by atoms with Gasteiger partial charge in [-0.1, -0.05) is 11.3 Å². The highest BCUT2D eigenvalue weighted by atomic mass is 32.1. The van der Waals surface area contributed by atoms with Gasteiger partial charge in [0, 0.05) is 18.7 Å². The molecule has 0 spiro atoms. The molecule has 1 N–H and O–H groups in total. The summed E-state index contributed by atoms with van der Waals surface area (Å²) in [6, 6.07) is 2.35. The fourth-order valence-corrected chi connectivity index (χ4v) is 2.24. The van der Waals surface area contributed by atoms with E-state index in [1.54, 1.807) is 0 Å². The molecule has 2 heterocycles. The standard InChI is InChI=1S/C10H11N5O3S/c1-2-11-10-13-12-8(19-10)6-14-5-7(15(17)18)3-4-9(14)16/h3-5H,2,6H2,1H3,(H,11,13). The monoisotopic (exact) mass is 281 g/mol. The van der Waals surface area contributed by atoms with Gasteiger partial charge in [-0.15, -0.1) is 10.2 Å². The maximum absolute atomic E-state index is 11.6. The van der Waals surface area contributed by atoms with E-state index in [1.165, 1.54) is 34.2 Å². The first-order valence-electron chi connectivity index (χ1n) is 5.51. The molecule has 0 atom stereocenters. The van der Waals surface area contributed by atoms with Gasteiger partial charge in [-0.3, -0.25) is 14.9 Å². The molecular weight excluding hydrogens is 270 g/mol. The largest absolute Gasteiger partial charge is 0.360 e. The van der Waals surface area contributed by atoms with Gasteiger partial charge in [0.2, 0.25) is 5.13 Å². The fraction of sp³-hybridized carbons (Fsp3) is 0.300. The average Bonchev–Trinajstić information content (AvgIpc) is 2.80. The number of nitrogens with zero attached hydrogens (tertiary/aromatic N) is 4. The number of aromatic nitrogens is 3. The van der Waals surface area contributed by atoms with Crippen LogP contribution < -0.4 is 10.9 Å². The van der Waals surface area contributed by atoms with Crippen molar-refractivity contribution in [3.8, 4) is 0 Å². The van der Waals surface area contributed by atoms with Crippen molar-refractivity contribution in [3.63, 3.8) is 0 Å². The van der Waals surface area contributed by atoms with Gasteiger partial charge in [-0.2, -0.15) is 0 Å². The summed E-state index contributed by atoms with van der Waals surface area (Å²) >= 11 is 1.31. The zero-order valence-electron chi connectivity index (χ0n) is 10.1. The van der Waals surface area contributed by atoms with Gasteiger partial charge in [0.25, 0.3) is 11.2 Å². The molecule has 0 aliphatic rings. The van der Waals surface area contributed by atoms with Crippen LogP contribution in [0.15, 0.2) is 23.1 Å². The first kappa shape index (κ1) is 13.1. The van der Waals surface area contributed by atoms with E-state index in [9.17, 15) is 14.9 Å². The van der Waals surface area contributed by atoms with E-state index in [0.29, 0.717) is 10.1 Å². The topological polar surface area (TPSA) is 103 Å². The van der Waals surface area contributed by atoms with E-state index in [4.69, 9.17) is 0 Å². The smallest absolute Gasteiger partial charge is 0.285 e. The minimum Gasteiger partial charge on any atom is -0.360 e. The molecule has 0 amide bonds. The lowest BCUT2D eigenvalue weighted by atomic mass is 10.4. The highest BCUT2D eigenvalue weighted by molar-refractivity contribution is 7.15. The molecule has 0 fully saturated rings. The number of nitro groups is 1. The molecule has 0 saturated carbocycles. The number of hydrogen-bond acceptors (Lipinski definition) is 7. The molecule has 0 aromatic carbocycles. The summed E-state index contributed by atoms with van der Waals surface area (Å²) in [5.74, 6) is 0. The molecule has 0 aliphatic carbocycles. The minimum atomic E-state index is -0.542. The van der Waals surface area contributed by atoms with Gasteiger partial charge >= 0.3 is 0 Å². The summed E-state index contributed by atoms with van der Waals surface area (Å²) in [6.45, 7) is 2.83. The molecule has 100 valence electrons. The summed E-state index contributed by atoms with van der Waals surface area (Å²) in [4.78, 5) is 21.7. The summed E-state index contributed by atoms with van der Waals surface area (Å²) in [5, 5.41) is 22.8. The van der Waals surface area contributed by atoms with Crippen LogP contribution in [0.25, 0.3) is 0 Å². The molecule has 0 unspecified atom stereocenters. The van der Waals surface area contributed by atoms with E-state index < -0.39 is 4.92 Å². The maximum Gasteiger partial charge on any atom is 0.285 e. The Labute approximate surface area is 111 Å². The molecule has 0 radical (unpaired) electrons. The summed E-state index contributed by atoms with van der Waals surface area (Å²) < 4.78 is 1.24. The van der Waals surface area contributed by atoms with Gasteiger partial charge in [-0.05, 0) is 6.92 Å². The lowest BCUT2D eigenvalue weighted by Crippen LogP contribution is -2.19. The minimum absolute atomic E-state index is 0.129. The molecular formula is C10H11N5O3S. The van der Waals surface area contributed by atoms with Crippen LogP contribution in [0.4, 0.5) is 10.8 Å². The van der Waals surface area contributed by atoms with E-state index in [-0.39, 0.29) is 17.8 Å². The molecule has 2 rings (SSSR count). The van der Waals surface area contributed by atoms with Crippen molar-refractivity contribution in [2.45, 2.75) is 13.5 Å². The third kappa shape index (κ3) is 3.13. The fourth-order valence-electron chi connectivity index (χ4n) is 1.44. The molecule has 8 nitrogen and oxygen atoms in total. The van der Waals surface area contributed by atoms with Crippen LogP contribution in [0.2, 0.25) is 0 Å². The predicted molar refractivity (Wildman–Crippen MR) is 70.5 cm³/mol. The van der Waals surface area contributed by atoms with Crippen molar-refractivity contribution >= 4 is 22.2 Å². The number of pyridine rings is 1. The average molecular weight is 281 g/mol. The Morgan fingerprint density at radius 3 is 2.95 bits per heavy atom. The molecule has 0 bridgehead atoms. The SMILES string of the molecule is CCNc1nnc(Cn2cc([N+](=O)[O-])ccc2=O)s1. The molecule has 2 aromatic rings. The summed E-state index contributed by atoms with van der Waals surface area (Å²) in [7, 11) is 0. The van der Waals surface area contributed by atoms with Crippen LogP contribution in [0.3, 0.4) is 0 Å². The number of hydrogen-bond donors (Lipinski definition) is 1. The number of anilines is 1. The van der Waals surface area contributed by atoms with Gasteiger partial charge in [-0.25, -0.2) is 0 Å². The highest BCUT2D eigenvalue weighted by Gasteiger charge is 2.10. The maximum atomic E-state index is 11.6. The third-order valence-electron chi connectivity index (χ3n) is 2.28. The Bertz CT molecular complexity index is 651. The summed E-state index contributed by atoms with van der Waals surface area (Å²) in [6.07, 6.45) is 1.21. The van der Waals surface area contributed by atoms with Crippen molar-refractivity contribution in [3.05, 3.63) is 43.8 Å². The van der Waals surface area contributed by atoms with Crippen LogP contribution in [-0.2, 0) is 6.54 Å². The Morgan fingerprint density at radius 2 is 2.26 bits per heavy atom. The molecule has 19 heavy (non-hydrogen) atoms. The van der Waals surface area contributed by atoms with E-state index in [0.717, 1.165) is 6.54 Å². The predicted octanol–water partition coefficient (Wildman–Crippen LogP) is 1.09. The Morgan fingerprint density at radius 1 is 1.47 bits per heavy atom. The van der Waals surface area contributed by atoms with Crippen molar-refractivity contribution in [2.75, 3.05) is 11.9 Å². The van der Waals surface area contributed by atoms with Gasteiger partial charge in [0.1, 0.15) is 5.01 Å². The Hall–Kier alpha value is -2.29. The van der Waals surface area contributed by atoms with Crippen molar-refractivity contribution < 1.29 is 4.92 Å². The summed E-state index contributed by atoms with van der Waals surface area (Å²) in [5.41, 5.74) is -0.443. The first-order valence-corrected chi connectivity index (χ1v) is 6.33. The lowest BCUT2D eigenvalue weighted by Gasteiger charge is -2.01. The second-order valence-electron chi connectivity index (χ2n) is 3.64. The van der Waals surface area contributed by atoms with Gasteiger partial charge < -0.3 is 9.88 Å². The third-order valence-corrected chi connectivity index (χ3v) is 3.14. The van der Waals surface area contributed by atoms with Crippen LogP contribution in [-0.4, -0.2) is 26.2 Å². The number of rotatable bonds is 5. The van der Waals surface area contributed by atoms with E-state index >= 15 is 0 Å². The highest BCUT2D eigenvalue weighted by Crippen LogP contribution is 2.16. The van der Waals surface area contributed by atoms with Gasteiger partial charge in [0.05, 0.1) is 17.7 Å². The van der Waals surface area contributed by atoms with Crippen LogP contribution >= 0.6 is 11.3 Å². The van der Waals surface area contributed by atoms with E-state index in [2.05, 4.69) is 15.5 Å². The normalized spacial score (nSPS) is 10.4. The number of nitrogens with one attached hydrogen (secondary N) is 1. The Balaban J connectivity index is 2.24. The van der Waals surface area contributed by atoms with Crippen molar-refractivity contribution in [2.24, 2.45) is 0 Å². The lowest BCUT2D eigenvalue weighted by molar-refractivity contribution is -0.385. The van der Waals surface area contributed by atoms with E-state index in [1.807, 2.05) is 6.92 Å². The molecule has 9 heteroatoms. The van der Waals surface area contributed by atoms with Crippen molar-refractivity contribution in [1.82, 2.24) is 14.8 Å². The molecule has 2 aromatic heterocycles. The van der Waals surface area contributed by atoms with Crippen LogP contribution in [0, 0.1) is 10.1 Å². The van der Waals surface area contributed by atoms with Crippen LogP contribution in [0.1, 0.15) is 11.9 Å². The van der Waals surface area contributed by atoms with Crippen LogP contribution in [0.5, 0.6) is 0 Å².